The molecule has 0 spiro atoms. The maximum Gasteiger partial charge on any atom is 0.331 e. The molecule has 19 heavy (non-hydrogen) atoms. The number of benzene rings is 1. The molecule has 0 aliphatic carbocycles. The van der Waals surface area contributed by atoms with Crippen molar-refractivity contribution in [2.75, 3.05) is 12.4 Å². The van der Waals surface area contributed by atoms with E-state index in [1.165, 1.54) is 29.2 Å². The molecule has 1 saturated heterocycles. The highest BCUT2D eigenvalue weighted by Crippen LogP contribution is 2.30. The highest BCUT2D eigenvalue weighted by molar-refractivity contribution is 6.18. The average molecular weight is 284 g/mol. The Bertz CT molecular complexity index is 488. The van der Waals surface area contributed by atoms with E-state index in [9.17, 15) is 19.8 Å². The summed E-state index contributed by atoms with van der Waals surface area (Å²) < 4.78 is 0. The fraction of sp³-hybridized carbons (Fsp3) is 0.385. The molecule has 2 atom stereocenters. The molecule has 0 bridgehead atoms. The van der Waals surface area contributed by atoms with Gasteiger partial charge in [-0.2, -0.15) is 0 Å². The lowest BCUT2D eigenvalue weighted by Gasteiger charge is -2.25. The van der Waals surface area contributed by atoms with Crippen molar-refractivity contribution in [2.45, 2.75) is 12.5 Å². The van der Waals surface area contributed by atoms with Crippen LogP contribution >= 0.6 is 11.6 Å². The molecular weight excluding hydrogens is 270 g/mol. The molecule has 2 N–H and O–H groups in total. The van der Waals surface area contributed by atoms with Gasteiger partial charge in [0.15, 0.2) is 6.04 Å². The van der Waals surface area contributed by atoms with Gasteiger partial charge in [0.05, 0.1) is 0 Å². The van der Waals surface area contributed by atoms with Crippen LogP contribution in [0.15, 0.2) is 24.3 Å². The Morgan fingerprint density at radius 1 is 1.42 bits per heavy atom. The minimum Gasteiger partial charge on any atom is -0.508 e. The third-order valence-corrected chi connectivity index (χ3v) is 3.65. The third kappa shape index (κ3) is 2.81. The van der Waals surface area contributed by atoms with E-state index < -0.39 is 12.0 Å². The number of halogens is 1. The monoisotopic (exact) mass is 283 g/mol. The van der Waals surface area contributed by atoms with E-state index in [0.29, 0.717) is 18.0 Å². The standard InChI is InChI=1S/C13H14ClNO4/c14-6-8-5-11(17)15(7-8)12(13(18)19)9-1-3-10(16)4-2-9/h1-4,8,12,16H,5-7H2,(H,18,19)/t8?,12-/m1/s1. The number of aliphatic carboxylic acids is 1. The molecule has 1 amide bonds. The first-order chi connectivity index (χ1) is 9.02. The molecule has 0 saturated carbocycles. The number of alkyl halides is 1. The summed E-state index contributed by atoms with van der Waals surface area (Å²) in [5, 5.41) is 18.6. The maximum absolute atomic E-state index is 11.9. The Labute approximate surface area is 115 Å². The number of aromatic hydroxyl groups is 1. The van der Waals surface area contributed by atoms with Gasteiger partial charge in [0, 0.05) is 18.8 Å². The van der Waals surface area contributed by atoms with Crippen LogP contribution in [0.5, 0.6) is 5.75 Å². The van der Waals surface area contributed by atoms with Gasteiger partial charge in [0.1, 0.15) is 5.75 Å². The van der Waals surface area contributed by atoms with Gasteiger partial charge in [-0.15, -0.1) is 11.6 Å². The van der Waals surface area contributed by atoms with Crippen LogP contribution < -0.4 is 0 Å². The first-order valence-electron chi connectivity index (χ1n) is 5.90. The van der Waals surface area contributed by atoms with E-state index in [-0.39, 0.29) is 24.0 Å². The summed E-state index contributed by atoms with van der Waals surface area (Å²) in [6, 6.07) is 4.81. The Kier molecular flexibility index (Phi) is 3.95. The smallest absolute Gasteiger partial charge is 0.331 e. The Morgan fingerprint density at radius 2 is 2.05 bits per heavy atom. The van der Waals surface area contributed by atoms with Crippen molar-refractivity contribution in [3.63, 3.8) is 0 Å². The summed E-state index contributed by atoms with van der Waals surface area (Å²) in [6.07, 6.45) is 0.283. The fourth-order valence-electron chi connectivity index (χ4n) is 2.27. The summed E-state index contributed by atoms with van der Waals surface area (Å²) in [5.41, 5.74) is 0.467. The normalized spacial score (nSPS) is 20.6. The van der Waals surface area contributed by atoms with Crippen molar-refractivity contribution in [1.29, 1.82) is 0 Å². The van der Waals surface area contributed by atoms with Crippen LogP contribution in [0.3, 0.4) is 0 Å². The van der Waals surface area contributed by atoms with Crippen molar-refractivity contribution in [3.05, 3.63) is 29.8 Å². The van der Waals surface area contributed by atoms with Crippen molar-refractivity contribution in [2.24, 2.45) is 5.92 Å². The second-order valence-electron chi connectivity index (χ2n) is 4.60. The summed E-state index contributed by atoms with van der Waals surface area (Å²) in [7, 11) is 0. The number of hydrogen-bond acceptors (Lipinski definition) is 3. The number of amides is 1. The molecular formula is C13H14ClNO4. The Hall–Kier alpha value is -1.75. The van der Waals surface area contributed by atoms with E-state index in [4.69, 9.17) is 11.6 Å². The number of carboxylic acids is 1. The molecule has 1 heterocycles. The van der Waals surface area contributed by atoms with Crippen LogP contribution in [0.2, 0.25) is 0 Å². The molecule has 1 aromatic rings. The van der Waals surface area contributed by atoms with Crippen LogP contribution in [0, 0.1) is 5.92 Å². The zero-order chi connectivity index (χ0) is 14.0. The van der Waals surface area contributed by atoms with E-state index in [0.717, 1.165) is 0 Å². The van der Waals surface area contributed by atoms with Crippen LogP contribution in [-0.4, -0.2) is 39.4 Å². The van der Waals surface area contributed by atoms with Gasteiger partial charge < -0.3 is 15.1 Å². The predicted octanol–water partition coefficient (Wildman–Crippen LogP) is 1.61. The topological polar surface area (TPSA) is 77.8 Å². The predicted molar refractivity (Wildman–Crippen MR) is 69.0 cm³/mol. The Balaban J connectivity index is 2.28. The van der Waals surface area contributed by atoms with Gasteiger partial charge in [-0.25, -0.2) is 4.79 Å². The molecule has 1 unspecified atom stereocenters. The van der Waals surface area contributed by atoms with Crippen molar-refractivity contribution in [3.8, 4) is 5.75 Å². The third-order valence-electron chi connectivity index (χ3n) is 3.21. The summed E-state index contributed by atoms with van der Waals surface area (Å²) in [5.74, 6) is -0.905. The van der Waals surface area contributed by atoms with E-state index in [2.05, 4.69) is 0 Å². The summed E-state index contributed by atoms with van der Waals surface area (Å²) in [6.45, 7) is 0.347. The quantitative estimate of drug-likeness (QED) is 0.823. The number of hydrogen-bond donors (Lipinski definition) is 2. The van der Waals surface area contributed by atoms with Crippen molar-refractivity contribution >= 4 is 23.5 Å². The number of phenolic OH excluding ortho intramolecular Hbond substituents is 1. The highest BCUT2D eigenvalue weighted by atomic mass is 35.5. The molecule has 1 aliphatic rings. The second kappa shape index (κ2) is 5.48. The fourth-order valence-corrected chi connectivity index (χ4v) is 2.48. The van der Waals surface area contributed by atoms with Gasteiger partial charge in [0.2, 0.25) is 5.91 Å². The number of rotatable bonds is 4. The highest BCUT2D eigenvalue weighted by Gasteiger charge is 2.38. The van der Waals surface area contributed by atoms with Gasteiger partial charge in [0.25, 0.3) is 0 Å². The largest absolute Gasteiger partial charge is 0.508 e. The van der Waals surface area contributed by atoms with Crippen molar-refractivity contribution < 1.29 is 19.8 Å². The lowest BCUT2D eigenvalue weighted by Crippen LogP contribution is -2.35. The van der Waals surface area contributed by atoms with Gasteiger partial charge >= 0.3 is 5.97 Å². The van der Waals surface area contributed by atoms with Crippen LogP contribution in [0.4, 0.5) is 0 Å². The zero-order valence-corrected chi connectivity index (χ0v) is 10.9. The molecule has 0 aromatic heterocycles. The van der Waals surface area contributed by atoms with E-state index in [1.807, 2.05) is 0 Å². The van der Waals surface area contributed by atoms with Gasteiger partial charge in [-0.05, 0) is 23.6 Å². The number of carbonyl (C=O) groups excluding carboxylic acids is 1. The van der Waals surface area contributed by atoms with Crippen LogP contribution in [0.1, 0.15) is 18.0 Å². The zero-order valence-electron chi connectivity index (χ0n) is 10.1. The lowest BCUT2D eigenvalue weighted by atomic mass is 10.1. The van der Waals surface area contributed by atoms with Crippen LogP contribution in [-0.2, 0) is 9.59 Å². The number of carboxylic acid groups (broad SMARTS) is 1. The first-order valence-corrected chi connectivity index (χ1v) is 6.43. The molecule has 1 fully saturated rings. The summed E-state index contributed by atoms with van der Waals surface area (Å²) >= 11 is 5.73. The van der Waals surface area contributed by atoms with E-state index in [1.54, 1.807) is 0 Å². The molecule has 6 heteroatoms. The molecule has 1 aromatic carbocycles. The first kappa shape index (κ1) is 13.7. The molecule has 102 valence electrons. The maximum atomic E-state index is 11.9. The number of nitrogens with zero attached hydrogens (tertiary/aromatic N) is 1. The molecule has 1 aliphatic heterocycles. The van der Waals surface area contributed by atoms with Crippen molar-refractivity contribution in [1.82, 2.24) is 4.90 Å². The summed E-state index contributed by atoms with van der Waals surface area (Å²) in [4.78, 5) is 24.6. The Morgan fingerprint density at radius 3 is 2.53 bits per heavy atom. The van der Waals surface area contributed by atoms with Gasteiger partial charge in [-0.3, -0.25) is 4.79 Å². The van der Waals surface area contributed by atoms with E-state index >= 15 is 0 Å². The number of likely N-dealkylation sites (tertiary alicyclic amines) is 1. The molecule has 5 nitrogen and oxygen atoms in total. The lowest BCUT2D eigenvalue weighted by molar-refractivity contribution is -0.148. The molecule has 2 rings (SSSR count). The number of carbonyl (C=O) groups is 2. The number of phenols is 1. The minimum atomic E-state index is -1.09. The van der Waals surface area contributed by atoms with Crippen LogP contribution in [0.25, 0.3) is 0 Å². The second-order valence-corrected chi connectivity index (χ2v) is 4.91. The minimum absolute atomic E-state index is 0.00636. The molecule has 0 radical (unpaired) electrons. The average Bonchev–Trinajstić information content (AvgIpc) is 2.73. The SMILES string of the molecule is O=C(O)[C@@H](c1ccc(O)cc1)N1CC(CCl)CC1=O. The van der Waals surface area contributed by atoms with Gasteiger partial charge in [-0.1, -0.05) is 12.1 Å².